The van der Waals surface area contributed by atoms with Crippen LogP contribution in [-0.4, -0.2) is 30.8 Å². The van der Waals surface area contributed by atoms with Gasteiger partial charge in [-0.3, -0.25) is 9.58 Å². The first-order chi connectivity index (χ1) is 11.3. The van der Waals surface area contributed by atoms with E-state index < -0.39 is 0 Å². The first kappa shape index (κ1) is 14.2. The minimum absolute atomic E-state index is 0.876. The lowest BCUT2D eigenvalue weighted by molar-refractivity contribution is 0.201. The van der Waals surface area contributed by atoms with Gasteiger partial charge in [0.15, 0.2) is 0 Å². The predicted molar refractivity (Wildman–Crippen MR) is 88.8 cm³/mol. The third kappa shape index (κ3) is 3.05. The molecule has 0 spiro atoms. The quantitative estimate of drug-likeness (QED) is 0.743. The van der Waals surface area contributed by atoms with E-state index in [2.05, 4.69) is 67.6 Å². The van der Waals surface area contributed by atoms with Crippen molar-refractivity contribution >= 4 is 0 Å². The van der Waals surface area contributed by atoms with Gasteiger partial charge in [0.2, 0.25) is 0 Å². The number of hydrogen-bond donors (Lipinski definition) is 0. The van der Waals surface area contributed by atoms with Crippen LogP contribution in [0.25, 0.3) is 0 Å². The summed E-state index contributed by atoms with van der Waals surface area (Å²) in [4.78, 5) is 6.82. The van der Waals surface area contributed by atoms with Gasteiger partial charge in [-0.1, -0.05) is 30.3 Å². The van der Waals surface area contributed by atoms with Crippen LogP contribution >= 0.6 is 0 Å². The van der Waals surface area contributed by atoms with E-state index in [4.69, 9.17) is 0 Å². The van der Waals surface area contributed by atoms with Gasteiger partial charge in [0, 0.05) is 32.4 Å². The van der Waals surface area contributed by atoms with E-state index in [0.29, 0.717) is 0 Å². The number of benzene rings is 1. The number of imidazole rings is 1. The smallest absolute Gasteiger partial charge is 0.0951 e. The maximum atomic E-state index is 4.53. The molecule has 0 fully saturated rings. The summed E-state index contributed by atoms with van der Waals surface area (Å²) in [6.07, 6.45) is 3.92. The molecule has 0 saturated carbocycles. The van der Waals surface area contributed by atoms with Crippen LogP contribution in [0.3, 0.4) is 0 Å². The summed E-state index contributed by atoms with van der Waals surface area (Å²) < 4.78 is 4.37. The van der Waals surface area contributed by atoms with Crippen LogP contribution in [0.4, 0.5) is 0 Å². The number of rotatable bonds is 4. The zero-order chi connectivity index (χ0) is 15.6. The third-order valence-electron chi connectivity index (χ3n) is 4.38. The summed E-state index contributed by atoms with van der Waals surface area (Å²) in [7, 11) is 0. The van der Waals surface area contributed by atoms with Crippen LogP contribution in [0.15, 0.2) is 48.9 Å². The van der Waals surface area contributed by atoms with Crippen molar-refractivity contribution in [3.8, 4) is 0 Å². The van der Waals surface area contributed by atoms with E-state index in [-0.39, 0.29) is 0 Å². The summed E-state index contributed by atoms with van der Waals surface area (Å²) in [5, 5.41) is 4.53. The molecule has 5 heteroatoms. The zero-order valence-electron chi connectivity index (χ0n) is 13.4. The Morgan fingerprint density at radius 1 is 1.09 bits per heavy atom. The highest BCUT2D eigenvalue weighted by Gasteiger charge is 2.18. The van der Waals surface area contributed by atoms with Crippen molar-refractivity contribution < 1.29 is 0 Å². The van der Waals surface area contributed by atoms with Crippen molar-refractivity contribution in [1.29, 1.82) is 0 Å². The topological polar surface area (TPSA) is 38.9 Å². The van der Waals surface area contributed by atoms with Gasteiger partial charge in [0.05, 0.1) is 30.0 Å². The molecule has 0 unspecified atom stereocenters. The van der Waals surface area contributed by atoms with Gasteiger partial charge < -0.3 is 4.57 Å². The molecule has 1 aromatic carbocycles. The van der Waals surface area contributed by atoms with E-state index in [1.165, 1.54) is 17.0 Å². The molecule has 0 amide bonds. The van der Waals surface area contributed by atoms with Crippen LogP contribution in [0.2, 0.25) is 0 Å². The Hall–Kier alpha value is -2.40. The molecular weight excluding hydrogens is 286 g/mol. The second kappa shape index (κ2) is 6.01. The number of aromatic nitrogens is 4. The molecular formula is C18H21N5. The summed E-state index contributed by atoms with van der Waals surface area (Å²) in [5.41, 5.74) is 4.98. The van der Waals surface area contributed by atoms with Crippen LogP contribution in [0.5, 0.6) is 0 Å². The molecule has 1 aliphatic heterocycles. The van der Waals surface area contributed by atoms with Crippen LogP contribution < -0.4 is 0 Å². The van der Waals surface area contributed by atoms with E-state index in [1.54, 1.807) is 0 Å². The normalized spacial score (nSPS) is 14.8. The lowest BCUT2D eigenvalue weighted by Gasteiger charge is -2.27. The lowest BCUT2D eigenvalue weighted by Crippen LogP contribution is -2.34. The van der Waals surface area contributed by atoms with Crippen LogP contribution in [0.1, 0.15) is 22.6 Å². The van der Waals surface area contributed by atoms with Crippen LogP contribution in [-0.2, 0) is 26.2 Å². The fourth-order valence-corrected chi connectivity index (χ4v) is 3.23. The van der Waals surface area contributed by atoms with Gasteiger partial charge in [-0.05, 0) is 18.6 Å². The zero-order valence-corrected chi connectivity index (χ0v) is 13.4. The van der Waals surface area contributed by atoms with Crippen molar-refractivity contribution in [2.45, 2.75) is 33.1 Å². The summed E-state index contributed by atoms with van der Waals surface area (Å²) in [5.74, 6) is 0. The van der Waals surface area contributed by atoms with Gasteiger partial charge >= 0.3 is 0 Å². The molecule has 5 nitrogen and oxygen atoms in total. The van der Waals surface area contributed by atoms with Gasteiger partial charge in [0.25, 0.3) is 0 Å². The van der Waals surface area contributed by atoms with E-state index in [0.717, 1.165) is 38.4 Å². The number of hydrogen-bond acceptors (Lipinski definition) is 3. The highest BCUT2D eigenvalue weighted by molar-refractivity contribution is 5.16. The Labute approximate surface area is 136 Å². The van der Waals surface area contributed by atoms with Crippen molar-refractivity contribution in [1.82, 2.24) is 24.2 Å². The minimum atomic E-state index is 0.876. The first-order valence-electron chi connectivity index (χ1n) is 8.06. The summed E-state index contributed by atoms with van der Waals surface area (Å²) in [6.45, 7) is 6.82. The molecule has 0 atom stereocenters. The molecule has 1 aliphatic rings. The number of nitrogens with zero attached hydrogens (tertiary/aromatic N) is 5. The van der Waals surface area contributed by atoms with Crippen molar-refractivity contribution in [3.63, 3.8) is 0 Å². The average Bonchev–Trinajstić information content (AvgIpc) is 3.14. The maximum absolute atomic E-state index is 4.53. The molecule has 118 valence electrons. The van der Waals surface area contributed by atoms with Crippen molar-refractivity contribution in [2.75, 3.05) is 6.54 Å². The largest absolute Gasteiger partial charge is 0.329 e. The lowest BCUT2D eigenvalue weighted by atomic mass is 10.2. The summed E-state index contributed by atoms with van der Waals surface area (Å²) in [6, 6.07) is 12.7. The molecule has 3 aromatic rings. The molecule has 0 radical (unpaired) electrons. The SMILES string of the molecule is Cc1cc2n(n1)CCN(Cc1cncn1Cc1ccccc1)C2. The second-order valence-electron chi connectivity index (χ2n) is 6.21. The molecule has 0 N–H and O–H groups in total. The third-order valence-corrected chi connectivity index (χ3v) is 4.38. The van der Waals surface area contributed by atoms with Gasteiger partial charge in [-0.25, -0.2) is 4.98 Å². The summed E-state index contributed by atoms with van der Waals surface area (Å²) >= 11 is 0. The highest BCUT2D eigenvalue weighted by atomic mass is 15.3. The molecule has 4 rings (SSSR count). The Kier molecular flexibility index (Phi) is 3.71. The second-order valence-corrected chi connectivity index (χ2v) is 6.21. The Morgan fingerprint density at radius 3 is 2.83 bits per heavy atom. The highest BCUT2D eigenvalue weighted by Crippen LogP contribution is 2.16. The van der Waals surface area contributed by atoms with E-state index >= 15 is 0 Å². The van der Waals surface area contributed by atoms with Gasteiger partial charge in [0.1, 0.15) is 0 Å². The van der Waals surface area contributed by atoms with Crippen LogP contribution in [0, 0.1) is 6.92 Å². The van der Waals surface area contributed by atoms with E-state index in [9.17, 15) is 0 Å². The Bertz CT molecular complexity index is 787. The first-order valence-corrected chi connectivity index (χ1v) is 8.06. The van der Waals surface area contributed by atoms with Crippen molar-refractivity contribution in [2.24, 2.45) is 0 Å². The standard InChI is InChI=1S/C18H21N5/c1-15-9-17-12-21(7-8-23(17)20-15)13-18-10-19-14-22(18)11-16-5-3-2-4-6-16/h2-6,9-10,14H,7-8,11-13H2,1H3. The molecule has 0 saturated heterocycles. The van der Waals surface area contributed by atoms with Gasteiger partial charge in [-0.2, -0.15) is 5.10 Å². The predicted octanol–water partition coefficient (Wildman–Crippen LogP) is 2.45. The number of fused-ring (bicyclic) bond motifs is 1. The molecule has 23 heavy (non-hydrogen) atoms. The molecule has 3 heterocycles. The minimum Gasteiger partial charge on any atom is -0.329 e. The van der Waals surface area contributed by atoms with Crippen molar-refractivity contribution in [3.05, 3.63) is 71.6 Å². The monoisotopic (exact) mass is 307 g/mol. The Morgan fingerprint density at radius 2 is 1.96 bits per heavy atom. The molecule has 0 bridgehead atoms. The molecule has 2 aromatic heterocycles. The molecule has 0 aliphatic carbocycles. The maximum Gasteiger partial charge on any atom is 0.0951 e. The van der Waals surface area contributed by atoms with E-state index in [1.807, 2.05) is 12.5 Å². The number of aryl methyl sites for hydroxylation is 1. The fraction of sp³-hybridized carbons (Fsp3) is 0.333. The van der Waals surface area contributed by atoms with Gasteiger partial charge in [-0.15, -0.1) is 0 Å². The Balaban J connectivity index is 1.47. The fourth-order valence-electron chi connectivity index (χ4n) is 3.23. The average molecular weight is 307 g/mol.